The van der Waals surface area contributed by atoms with Gasteiger partial charge in [-0.05, 0) is 109 Å². The molecule has 0 aromatic carbocycles. The number of hydrogen-bond acceptors (Lipinski definition) is 15. The molecule has 0 aliphatic carbocycles. The van der Waals surface area contributed by atoms with Gasteiger partial charge in [0.1, 0.15) is 19.3 Å². The zero-order chi connectivity index (χ0) is 69.0. The van der Waals surface area contributed by atoms with Crippen molar-refractivity contribution in [1.82, 2.24) is 0 Å². The molecule has 0 bridgehead atoms. The fourth-order valence-corrected chi connectivity index (χ4v) is 11.5. The van der Waals surface area contributed by atoms with Crippen LogP contribution in [0.4, 0.5) is 0 Å². The highest BCUT2D eigenvalue weighted by Crippen LogP contribution is 2.45. The third-order valence-corrected chi connectivity index (χ3v) is 17.6. The van der Waals surface area contributed by atoms with Crippen molar-refractivity contribution in [1.29, 1.82) is 0 Å². The lowest BCUT2D eigenvalue weighted by molar-refractivity contribution is -0.161. The number of allylic oxidation sites excluding steroid dienone is 12. The average Bonchev–Trinajstić information content (AvgIpc) is 1.55. The normalized spacial score (nSPS) is 14.4. The Balaban J connectivity index is 5.32. The van der Waals surface area contributed by atoms with Crippen molar-refractivity contribution in [2.45, 2.75) is 341 Å². The van der Waals surface area contributed by atoms with Gasteiger partial charge in [0.25, 0.3) is 0 Å². The average molecular weight is 1370 g/mol. The Morgan fingerprint density at radius 2 is 0.564 bits per heavy atom. The molecule has 0 spiro atoms. The van der Waals surface area contributed by atoms with Gasteiger partial charge in [-0.2, -0.15) is 0 Å². The summed E-state index contributed by atoms with van der Waals surface area (Å²) in [4.78, 5) is 72.7. The Hall–Kier alpha value is -3.50. The molecule has 0 aliphatic rings. The molecule has 0 rings (SSSR count). The van der Waals surface area contributed by atoms with E-state index in [9.17, 15) is 43.2 Å². The van der Waals surface area contributed by atoms with Gasteiger partial charge in [0, 0.05) is 25.7 Å². The van der Waals surface area contributed by atoms with Gasteiger partial charge in [0.15, 0.2) is 12.2 Å². The molecule has 0 saturated heterocycles. The van der Waals surface area contributed by atoms with Crippen LogP contribution >= 0.6 is 15.6 Å². The number of unbranched alkanes of at least 4 members (excludes halogenated alkanes) is 32. The van der Waals surface area contributed by atoms with Crippen LogP contribution in [-0.4, -0.2) is 96.7 Å². The van der Waals surface area contributed by atoms with E-state index < -0.39 is 97.5 Å². The fraction of sp³-hybridized carbons (Fsp3) is 0.787. The monoisotopic (exact) mass is 1370 g/mol. The van der Waals surface area contributed by atoms with Crippen molar-refractivity contribution in [2.24, 2.45) is 0 Å². The summed E-state index contributed by atoms with van der Waals surface area (Å²) in [5, 5.41) is 10.6. The van der Waals surface area contributed by atoms with E-state index in [0.717, 1.165) is 161 Å². The number of aliphatic hydroxyl groups excluding tert-OH is 1. The summed E-state index contributed by atoms with van der Waals surface area (Å²) in [6.07, 6.45) is 66.1. The first kappa shape index (κ1) is 90.5. The highest BCUT2D eigenvalue weighted by Gasteiger charge is 2.30. The maximum absolute atomic E-state index is 13.0. The van der Waals surface area contributed by atoms with Crippen molar-refractivity contribution in [2.75, 3.05) is 39.6 Å². The van der Waals surface area contributed by atoms with Crippen LogP contribution in [0.2, 0.25) is 0 Å². The van der Waals surface area contributed by atoms with Crippen LogP contribution in [0, 0.1) is 0 Å². The molecule has 5 unspecified atom stereocenters. The van der Waals surface area contributed by atoms with Crippen LogP contribution in [0.5, 0.6) is 0 Å². The van der Waals surface area contributed by atoms with Gasteiger partial charge in [-0.1, -0.05) is 261 Å². The minimum Gasteiger partial charge on any atom is -0.462 e. The minimum absolute atomic E-state index is 0.0837. The Kier molecular flexibility index (Phi) is 65.5. The van der Waals surface area contributed by atoms with Crippen LogP contribution < -0.4 is 0 Å². The lowest BCUT2D eigenvalue weighted by Gasteiger charge is -2.21. The number of phosphoric ester groups is 2. The molecule has 0 saturated carbocycles. The molecule has 0 aliphatic heterocycles. The highest BCUT2D eigenvalue weighted by molar-refractivity contribution is 7.47. The number of esters is 4. The topological polar surface area (TPSA) is 237 Å². The summed E-state index contributed by atoms with van der Waals surface area (Å²) in [6.45, 7) is 4.68. The summed E-state index contributed by atoms with van der Waals surface area (Å²) < 4.78 is 68.3. The van der Waals surface area contributed by atoms with E-state index in [0.29, 0.717) is 25.7 Å². The minimum atomic E-state index is -4.97. The SMILES string of the molecule is CC/C=C\C/C=C\C/C=C\CCCCCCCC(=O)OCC(COP(=O)(O)OCC(O)COP(=O)(O)OCC(COC(=O)CCCCCCC/C=C\C/C=C\CCCCC)OC(=O)CCCCCCC/C=C\CCCC)OC(=O)CCCCCCCCCCCCCCC. The molecular weight excluding hydrogens is 1230 g/mol. The number of carbonyl (C=O) groups is 4. The summed E-state index contributed by atoms with van der Waals surface area (Å²) in [6, 6.07) is 0. The summed E-state index contributed by atoms with van der Waals surface area (Å²) in [7, 11) is -9.94. The number of aliphatic hydroxyl groups is 1. The molecule has 0 fully saturated rings. The largest absolute Gasteiger partial charge is 0.472 e. The molecule has 546 valence electrons. The molecular formula is C75H134O17P2. The van der Waals surface area contributed by atoms with Gasteiger partial charge in [-0.15, -0.1) is 0 Å². The lowest BCUT2D eigenvalue weighted by atomic mass is 10.0. The van der Waals surface area contributed by atoms with Crippen molar-refractivity contribution in [3.63, 3.8) is 0 Å². The fourth-order valence-electron chi connectivity index (χ4n) is 9.95. The van der Waals surface area contributed by atoms with Crippen LogP contribution in [0.1, 0.15) is 323 Å². The molecule has 94 heavy (non-hydrogen) atoms. The summed E-state index contributed by atoms with van der Waals surface area (Å²) in [5.74, 6) is -2.20. The number of ether oxygens (including phenoxy) is 4. The Morgan fingerprint density at radius 1 is 0.309 bits per heavy atom. The highest BCUT2D eigenvalue weighted by atomic mass is 31.2. The van der Waals surface area contributed by atoms with Crippen LogP contribution in [0.25, 0.3) is 0 Å². The lowest BCUT2D eigenvalue weighted by Crippen LogP contribution is -2.30. The van der Waals surface area contributed by atoms with Crippen molar-refractivity contribution >= 4 is 39.5 Å². The molecule has 0 amide bonds. The van der Waals surface area contributed by atoms with Gasteiger partial charge in [0.05, 0.1) is 26.4 Å². The third kappa shape index (κ3) is 67.1. The van der Waals surface area contributed by atoms with Gasteiger partial charge < -0.3 is 33.8 Å². The Morgan fingerprint density at radius 3 is 0.915 bits per heavy atom. The maximum atomic E-state index is 13.0. The second-order valence-corrected chi connectivity index (χ2v) is 27.8. The van der Waals surface area contributed by atoms with Gasteiger partial charge in [-0.3, -0.25) is 37.3 Å². The predicted molar refractivity (Wildman–Crippen MR) is 381 cm³/mol. The number of rotatable bonds is 70. The molecule has 5 atom stereocenters. The molecule has 0 aromatic heterocycles. The van der Waals surface area contributed by atoms with E-state index in [-0.39, 0.29) is 25.7 Å². The van der Waals surface area contributed by atoms with Gasteiger partial charge in [-0.25, -0.2) is 9.13 Å². The van der Waals surface area contributed by atoms with E-state index in [1.807, 2.05) is 0 Å². The van der Waals surface area contributed by atoms with E-state index in [1.54, 1.807) is 0 Å². The van der Waals surface area contributed by atoms with Crippen molar-refractivity contribution in [3.8, 4) is 0 Å². The van der Waals surface area contributed by atoms with Crippen molar-refractivity contribution < 1.29 is 80.2 Å². The molecule has 3 N–H and O–H groups in total. The Labute approximate surface area is 571 Å². The van der Waals surface area contributed by atoms with Crippen LogP contribution in [0.3, 0.4) is 0 Å². The quantitative estimate of drug-likeness (QED) is 0.0169. The second kappa shape index (κ2) is 68.0. The first-order valence-corrected chi connectivity index (χ1v) is 40.2. The zero-order valence-corrected chi connectivity index (χ0v) is 61.2. The van der Waals surface area contributed by atoms with E-state index in [1.165, 1.54) is 83.5 Å². The van der Waals surface area contributed by atoms with E-state index >= 15 is 0 Å². The molecule has 0 heterocycles. The molecule has 17 nitrogen and oxygen atoms in total. The molecule has 0 aromatic rings. The maximum Gasteiger partial charge on any atom is 0.472 e. The van der Waals surface area contributed by atoms with Crippen LogP contribution in [-0.2, 0) is 65.4 Å². The third-order valence-electron chi connectivity index (χ3n) is 15.7. The second-order valence-electron chi connectivity index (χ2n) is 24.9. The summed E-state index contributed by atoms with van der Waals surface area (Å²) in [5.41, 5.74) is 0. The number of carbonyl (C=O) groups excluding carboxylic acids is 4. The molecule has 19 heteroatoms. The summed E-state index contributed by atoms with van der Waals surface area (Å²) >= 11 is 0. The van der Waals surface area contributed by atoms with E-state index in [2.05, 4.69) is 101 Å². The first-order chi connectivity index (χ1) is 45.7. The van der Waals surface area contributed by atoms with Crippen LogP contribution in [0.15, 0.2) is 72.9 Å². The smallest absolute Gasteiger partial charge is 0.462 e. The number of phosphoric acid groups is 2. The van der Waals surface area contributed by atoms with Crippen molar-refractivity contribution in [3.05, 3.63) is 72.9 Å². The first-order valence-electron chi connectivity index (χ1n) is 37.2. The van der Waals surface area contributed by atoms with Gasteiger partial charge >= 0.3 is 39.5 Å². The van der Waals surface area contributed by atoms with Gasteiger partial charge in [0.2, 0.25) is 0 Å². The standard InChI is InChI=1S/C75H134O17P2/c1-5-9-13-17-21-25-29-32-34-37-40-43-47-51-55-59-72(77)85-65-70(91-74(79)61-57-53-49-45-39-28-24-20-16-12-8-4)67-89-93(81,82)87-63-69(76)64-88-94(83,84)90-68-71(92-75(80)62-58-54-50-46-42-36-31-27-23-19-15-11-7-3)66-86-73(78)60-56-52-48-44-41-38-35-33-30-26-22-18-14-10-6-2/h10,14,20-22,24-26,32-35,69-71,76H,5-9,11-13,15-19,23,27-31,36-68H2,1-4H3,(H,81,82)(H,83,84)/b14-10-,24-20-,25-21-,26-22-,34-32-,35-33-. The Bertz CT molecular complexity index is 2070. The molecule has 0 radical (unpaired) electrons. The zero-order valence-electron chi connectivity index (χ0n) is 59.4. The predicted octanol–water partition coefficient (Wildman–Crippen LogP) is 20.9. The van der Waals surface area contributed by atoms with E-state index in [4.69, 9.17) is 37.0 Å². The number of hydrogen-bond donors (Lipinski definition) is 3.